The van der Waals surface area contributed by atoms with Crippen molar-refractivity contribution in [3.8, 4) is 11.3 Å². The highest BCUT2D eigenvalue weighted by Gasteiger charge is 2.42. The summed E-state index contributed by atoms with van der Waals surface area (Å²) in [6.45, 7) is 5.53. The Morgan fingerprint density at radius 3 is 2.47 bits per heavy atom. The fourth-order valence-electron chi connectivity index (χ4n) is 4.25. The standard InChI is InChI=1S/C26H30N4O4/c1-25(2,3)34-24(31)29-26(16-7-17-26)19-10-12-20(13-11-19)27-23-22(30(32)33)15-14-21(28-23)18-8-5-4-6-9-18/h4-6,8-12,14-15,20H,7,13,16-17H2,1-3H3,(H,27,28)(H,29,31). The second-order valence-electron chi connectivity index (χ2n) is 9.76. The lowest BCUT2D eigenvalue weighted by molar-refractivity contribution is -0.384. The minimum atomic E-state index is -0.559. The second-order valence-corrected chi connectivity index (χ2v) is 9.76. The summed E-state index contributed by atoms with van der Waals surface area (Å²) in [5.74, 6) is 0.239. The average molecular weight is 463 g/mol. The quantitative estimate of drug-likeness (QED) is 0.417. The van der Waals surface area contributed by atoms with Crippen LogP contribution in [0.3, 0.4) is 0 Å². The molecule has 1 amide bonds. The maximum atomic E-state index is 12.4. The van der Waals surface area contributed by atoms with E-state index in [-0.39, 0.29) is 17.5 Å². The van der Waals surface area contributed by atoms with Gasteiger partial charge in [0.25, 0.3) is 0 Å². The number of rotatable bonds is 6. The number of anilines is 1. The molecule has 2 aliphatic carbocycles. The number of aromatic nitrogens is 1. The third-order valence-corrected chi connectivity index (χ3v) is 6.06. The summed E-state index contributed by atoms with van der Waals surface area (Å²) in [6.07, 6.45) is 9.00. The van der Waals surface area contributed by atoms with Crippen LogP contribution in [0.15, 0.2) is 66.3 Å². The van der Waals surface area contributed by atoms with Crippen molar-refractivity contribution < 1.29 is 14.5 Å². The van der Waals surface area contributed by atoms with Gasteiger partial charge in [-0.15, -0.1) is 0 Å². The monoisotopic (exact) mass is 462 g/mol. The van der Waals surface area contributed by atoms with E-state index in [4.69, 9.17) is 4.74 Å². The van der Waals surface area contributed by atoms with Crippen molar-refractivity contribution in [2.75, 3.05) is 5.32 Å². The highest BCUT2D eigenvalue weighted by Crippen LogP contribution is 2.41. The summed E-state index contributed by atoms with van der Waals surface area (Å²) < 4.78 is 5.46. The highest BCUT2D eigenvalue weighted by atomic mass is 16.6. The zero-order chi connectivity index (χ0) is 24.3. The smallest absolute Gasteiger partial charge is 0.408 e. The van der Waals surface area contributed by atoms with E-state index in [1.807, 2.05) is 63.3 Å². The number of carbonyl (C=O) groups excluding carboxylic acids is 1. The first-order valence-electron chi connectivity index (χ1n) is 11.5. The molecule has 8 heteroatoms. The van der Waals surface area contributed by atoms with Crippen LogP contribution in [0, 0.1) is 10.1 Å². The molecule has 1 fully saturated rings. The fraction of sp³-hybridized carbons (Fsp3) is 0.385. The molecule has 2 N–H and O–H groups in total. The van der Waals surface area contributed by atoms with E-state index in [0.29, 0.717) is 12.1 Å². The molecule has 2 aromatic rings. The van der Waals surface area contributed by atoms with Crippen molar-refractivity contribution >= 4 is 17.6 Å². The molecule has 1 unspecified atom stereocenters. The van der Waals surface area contributed by atoms with Crippen molar-refractivity contribution in [3.05, 3.63) is 76.4 Å². The molecule has 1 aromatic heterocycles. The number of hydrogen-bond acceptors (Lipinski definition) is 6. The van der Waals surface area contributed by atoms with Gasteiger partial charge in [0.1, 0.15) is 5.60 Å². The lowest BCUT2D eigenvalue weighted by Gasteiger charge is -2.44. The zero-order valence-corrected chi connectivity index (χ0v) is 19.7. The van der Waals surface area contributed by atoms with Gasteiger partial charge in [-0.25, -0.2) is 9.78 Å². The lowest BCUT2D eigenvalue weighted by atomic mass is 9.70. The van der Waals surface area contributed by atoms with Crippen molar-refractivity contribution in [2.45, 2.75) is 63.6 Å². The van der Waals surface area contributed by atoms with Crippen LogP contribution in [0.1, 0.15) is 46.5 Å². The highest BCUT2D eigenvalue weighted by molar-refractivity contribution is 5.71. The van der Waals surface area contributed by atoms with E-state index in [0.717, 1.165) is 30.4 Å². The normalized spacial score (nSPS) is 18.9. The molecule has 1 aromatic carbocycles. The Balaban J connectivity index is 1.48. The minimum Gasteiger partial charge on any atom is -0.444 e. The van der Waals surface area contributed by atoms with Gasteiger partial charge in [0.05, 0.1) is 16.2 Å². The molecule has 1 heterocycles. The number of nitrogens with one attached hydrogen (secondary N) is 2. The third kappa shape index (κ3) is 5.27. The number of carbonyl (C=O) groups is 1. The Morgan fingerprint density at radius 1 is 1.18 bits per heavy atom. The lowest BCUT2D eigenvalue weighted by Crippen LogP contribution is -2.55. The van der Waals surface area contributed by atoms with Crippen LogP contribution in [-0.4, -0.2) is 33.2 Å². The van der Waals surface area contributed by atoms with Crippen molar-refractivity contribution in [2.24, 2.45) is 0 Å². The first kappa shape index (κ1) is 23.5. The van der Waals surface area contributed by atoms with Crippen molar-refractivity contribution in [3.63, 3.8) is 0 Å². The molecular formula is C26H30N4O4. The molecule has 0 radical (unpaired) electrons. The topological polar surface area (TPSA) is 106 Å². The summed E-state index contributed by atoms with van der Waals surface area (Å²) in [4.78, 5) is 28.1. The van der Waals surface area contributed by atoms with Crippen molar-refractivity contribution in [1.82, 2.24) is 10.3 Å². The van der Waals surface area contributed by atoms with E-state index < -0.39 is 22.2 Å². The maximum absolute atomic E-state index is 12.4. The van der Waals surface area contributed by atoms with Gasteiger partial charge >= 0.3 is 11.8 Å². The van der Waals surface area contributed by atoms with E-state index in [1.165, 1.54) is 6.07 Å². The van der Waals surface area contributed by atoms with Crippen molar-refractivity contribution in [1.29, 1.82) is 0 Å². The van der Waals surface area contributed by atoms with Gasteiger partial charge in [0.15, 0.2) is 0 Å². The predicted molar refractivity (Wildman–Crippen MR) is 132 cm³/mol. The molecule has 178 valence electrons. The Bertz CT molecular complexity index is 1130. The average Bonchev–Trinajstić information content (AvgIpc) is 2.76. The second kappa shape index (κ2) is 9.29. The van der Waals surface area contributed by atoms with Gasteiger partial charge in [-0.2, -0.15) is 0 Å². The largest absolute Gasteiger partial charge is 0.444 e. The summed E-state index contributed by atoms with van der Waals surface area (Å²) in [6, 6.07) is 12.6. The number of alkyl carbamates (subject to hydrolysis) is 1. The fourth-order valence-corrected chi connectivity index (χ4v) is 4.25. The summed E-state index contributed by atoms with van der Waals surface area (Å²) >= 11 is 0. The Morgan fingerprint density at radius 2 is 1.91 bits per heavy atom. The van der Waals surface area contributed by atoms with Crippen LogP contribution >= 0.6 is 0 Å². The Labute approximate surface area is 199 Å². The number of benzene rings is 1. The number of hydrogen-bond donors (Lipinski definition) is 2. The molecular weight excluding hydrogens is 432 g/mol. The molecule has 8 nitrogen and oxygen atoms in total. The summed E-state index contributed by atoms with van der Waals surface area (Å²) in [7, 11) is 0. The molecule has 34 heavy (non-hydrogen) atoms. The van der Waals surface area contributed by atoms with E-state index >= 15 is 0 Å². The molecule has 4 rings (SSSR count). The SMILES string of the molecule is CC(C)(C)OC(=O)NC1(C2=CCC(Nc3nc(-c4ccccc4)ccc3[N+](=O)[O-])C=C2)CCC1. The van der Waals surface area contributed by atoms with Crippen LogP contribution in [0.2, 0.25) is 0 Å². The third-order valence-electron chi connectivity index (χ3n) is 6.06. The van der Waals surface area contributed by atoms with Crippen LogP contribution in [0.5, 0.6) is 0 Å². The molecule has 0 bridgehead atoms. The van der Waals surface area contributed by atoms with E-state index in [2.05, 4.69) is 21.7 Å². The molecule has 2 aliphatic rings. The van der Waals surface area contributed by atoms with Gasteiger partial charge in [0.2, 0.25) is 5.82 Å². The van der Waals surface area contributed by atoms with Gasteiger partial charge in [-0.05, 0) is 58.1 Å². The van der Waals surface area contributed by atoms with E-state index in [1.54, 1.807) is 6.07 Å². The number of nitro groups is 1. The maximum Gasteiger partial charge on any atom is 0.408 e. The van der Waals surface area contributed by atoms with Crippen LogP contribution in [-0.2, 0) is 4.74 Å². The molecule has 1 atom stereocenters. The van der Waals surface area contributed by atoms with Crippen LogP contribution in [0.4, 0.5) is 16.3 Å². The number of pyridine rings is 1. The summed E-state index contributed by atoms with van der Waals surface area (Å²) in [5.41, 5.74) is 1.56. The molecule has 0 spiro atoms. The first-order chi connectivity index (χ1) is 16.2. The van der Waals surface area contributed by atoms with Gasteiger partial charge in [-0.1, -0.05) is 48.6 Å². The van der Waals surface area contributed by atoms with Gasteiger partial charge < -0.3 is 15.4 Å². The first-order valence-corrected chi connectivity index (χ1v) is 11.5. The van der Waals surface area contributed by atoms with Crippen LogP contribution in [0.25, 0.3) is 11.3 Å². The molecule has 1 saturated carbocycles. The molecule has 0 saturated heterocycles. The minimum absolute atomic E-state index is 0.0649. The number of nitrogens with zero attached hydrogens (tertiary/aromatic N) is 2. The Hall–Kier alpha value is -3.68. The summed E-state index contributed by atoms with van der Waals surface area (Å²) in [5, 5.41) is 17.9. The van der Waals surface area contributed by atoms with Gasteiger partial charge in [-0.3, -0.25) is 10.1 Å². The zero-order valence-electron chi connectivity index (χ0n) is 19.7. The number of amides is 1. The Kier molecular flexibility index (Phi) is 6.41. The predicted octanol–water partition coefficient (Wildman–Crippen LogP) is 5.77. The van der Waals surface area contributed by atoms with E-state index in [9.17, 15) is 14.9 Å². The van der Waals surface area contributed by atoms with Crippen LogP contribution < -0.4 is 10.6 Å². The number of ether oxygens (including phenoxy) is 1. The van der Waals surface area contributed by atoms with Gasteiger partial charge in [0, 0.05) is 17.7 Å². The molecule has 0 aliphatic heterocycles.